The summed E-state index contributed by atoms with van der Waals surface area (Å²) in [5.74, 6) is 1.50. The Morgan fingerprint density at radius 1 is 1.00 bits per heavy atom. The molecule has 116 valence electrons. The number of halogens is 1. The van der Waals surface area contributed by atoms with Gasteiger partial charge in [0.2, 0.25) is 0 Å². The molecule has 0 spiro atoms. The smallest absolute Gasteiger partial charge is 0.134 e. The van der Waals surface area contributed by atoms with E-state index in [9.17, 15) is 0 Å². The molecule has 3 rings (SSSR count). The van der Waals surface area contributed by atoms with Crippen molar-refractivity contribution in [1.82, 2.24) is 15.0 Å². The van der Waals surface area contributed by atoms with Crippen molar-refractivity contribution in [3.05, 3.63) is 77.5 Å². The Morgan fingerprint density at radius 2 is 1.87 bits per heavy atom. The van der Waals surface area contributed by atoms with Crippen LogP contribution < -0.4 is 10.1 Å². The van der Waals surface area contributed by atoms with Gasteiger partial charge in [0.25, 0.3) is 0 Å². The van der Waals surface area contributed by atoms with Crippen LogP contribution in [0.5, 0.6) is 5.75 Å². The van der Waals surface area contributed by atoms with E-state index in [1.165, 1.54) is 6.33 Å². The van der Waals surface area contributed by atoms with Gasteiger partial charge in [-0.1, -0.05) is 29.8 Å². The second kappa shape index (κ2) is 7.56. The average molecular weight is 327 g/mol. The van der Waals surface area contributed by atoms with Gasteiger partial charge in [0.05, 0.1) is 5.69 Å². The van der Waals surface area contributed by atoms with E-state index >= 15 is 0 Å². The van der Waals surface area contributed by atoms with Crippen LogP contribution in [0.15, 0.2) is 61.1 Å². The quantitative estimate of drug-likeness (QED) is 0.700. The van der Waals surface area contributed by atoms with E-state index in [0.29, 0.717) is 24.1 Å². The number of pyridine rings is 1. The van der Waals surface area contributed by atoms with Crippen LogP contribution in [0, 0.1) is 0 Å². The molecule has 3 aromatic rings. The largest absolute Gasteiger partial charge is 0.487 e. The summed E-state index contributed by atoms with van der Waals surface area (Å²) in [6.45, 7) is 1.10. The summed E-state index contributed by atoms with van der Waals surface area (Å²) in [6.07, 6.45) is 3.19. The van der Waals surface area contributed by atoms with E-state index in [2.05, 4.69) is 20.3 Å². The molecule has 0 atom stereocenters. The van der Waals surface area contributed by atoms with Crippen molar-refractivity contribution in [2.75, 3.05) is 5.32 Å². The molecule has 2 heterocycles. The first-order valence-corrected chi connectivity index (χ1v) is 7.50. The first-order valence-electron chi connectivity index (χ1n) is 7.13. The summed E-state index contributed by atoms with van der Waals surface area (Å²) in [4.78, 5) is 12.2. The van der Waals surface area contributed by atoms with Crippen molar-refractivity contribution in [3.8, 4) is 5.75 Å². The molecular weight excluding hydrogens is 312 g/mol. The highest BCUT2D eigenvalue weighted by Gasteiger charge is 1.99. The number of aromatic nitrogens is 3. The molecule has 2 aromatic heterocycles. The Balaban J connectivity index is 1.52. The summed E-state index contributed by atoms with van der Waals surface area (Å²) in [7, 11) is 0. The molecule has 0 aliphatic rings. The minimum Gasteiger partial charge on any atom is -0.487 e. The molecule has 0 amide bonds. The number of anilines is 1. The molecule has 0 saturated heterocycles. The third kappa shape index (κ3) is 4.66. The minimum atomic E-state index is 0.417. The van der Waals surface area contributed by atoms with Crippen LogP contribution in [-0.4, -0.2) is 15.0 Å². The monoisotopic (exact) mass is 326 g/mol. The van der Waals surface area contributed by atoms with Crippen LogP contribution in [0.25, 0.3) is 0 Å². The zero-order valence-electron chi connectivity index (χ0n) is 12.3. The number of ether oxygens (including phenoxy) is 1. The SMILES string of the molecule is Clc1cc(NCc2ccc(OCc3ccccn3)cc2)ncn1. The lowest BCUT2D eigenvalue weighted by atomic mass is 10.2. The van der Waals surface area contributed by atoms with Gasteiger partial charge in [-0.2, -0.15) is 0 Å². The molecule has 0 aliphatic heterocycles. The van der Waals surface area contributed by atoms with Gasteiger partial charge >= 0.3 is 0 Å². The molecule has 0 fully saturated rings. The van der Waals surface area contributed by atoms with Crippen molar-refractivity contribution in [2.24, 2.45) is 0 Å². The number of benzene rings is 1. The van der Waals surface area contributed by atoms with E-state index in [4.69, 9.17) is 16.3 Å². The third-order valence-corrected chi connectivity index (χ3v) is 3.35. The van der Waals surface area contributed by atoms with Crippen molar-refractivity contribution >= 4 is 17.4 Å². The molecule has 0 radical (unpaired) electrons. The van der Waals surface area contributed by atoms with Crippen LogP contribution in [0.4, 0.5) is 5.82 Å². The topological polar surface area (TPSA) is 59.9 Å². The lowest BCUT2D eigenvalue weighted by Gasteiger charge is -2.08. The number of rotatable bonds is 6. The number of nitrogens with zero attached hydrogens (tertiary/aromatic N) is 3. The highest BCUT2D eigenvalue weighted by atomic mass is 35.5. The van der Waals surface area contributed by atoms with E-state index < -0.39 is 0 Å². The third-order valence-electron chi connectivity index (χ3n) is 3.14. The minimum absolute atomic E-state index is 0.417. The van der Waals surface area contributed by atoms with Crippen molar-refractivity contribution in [3.63, 3.8) is 0 Å². The van der Waals surface area contributed by atoms with Gasteiger partial charge in [0, 0.05) is 18.8 Å². The van der Waals surface area contributed by atoms with Gasteiger partial charge in [-0.05, 0) is 29.8 Å². The van der Waals surface area contributed by atoms with Gasteiger partial charge < -0.3 is 10.1 Å². The molecule has 5 nitrogen and oxygen atoms in total. The van der Waals surface area contributed by atoms with E-state index in [1.54, 1.807) is 12.3 Å². The molecule has 0 unspecified atom stereocenters. The Kier molecular flexibility index (Phi) is 5.01. The normalized spacial score (nSPS) is 10.3. The zero-order chi connectivity index (χ0) is 15.9. The Labute approximate surface area is 139 Å². The predicted molar refractivity (Wildman–Crippen MR) is 89.4 cm³/mol. The first-order chi connectivity index (χ1) is 11.3. The van der Waals surface area contributed by atoms with Gasteiger partial charge in [-0.25, -0.2) is 9.97 Å². The van der Waals surface area contributed by atoms with Gasteiger partial charge in [-0.15, -0.1) is 0 Å². The fourth-order valence-corrected chi connectivity index (χ4v) is 2.11. The first kappa shape index (κ1) is 15.2. The summed E-state index contributed by atoms with van der Waals surface area (Å²) >= 11 is 5.82. The second-order valence-corrected chi connectivity index (χ2v) is 5.22. The van der Waals surface area contributed by atoms with E-state index in [-0.39, 0.29) is 0 Å². The maximum absolute atomic E-state index is 5.82. The molecule has 0 bridgehead atoms. The van der Waals surface area contributed by atoms with Crippen LogP contribution in [-0.2, 0) is 13.2 Å². The van der Waals surface area contributed by atoms with Gasteiger partial charge in [-0.3, -0.25) is 4.98 Å². The molecule has 1 aromatic carbocycles. The van der Waals surface area contributed by atoms with E-state index in [1.807, 2.05) is 42.5 Å². The van der Waals surface area contributed by atoms with Crippen molar-refractivity contribution in [1.29, 1.82) is 0 Å². The molecular formula is C17H15ClN4O. The Bertz CT molecular complexity index is 750. The maximum atomic E-state index is 5.82. The molecule has 6 heteroatoms. The van der Waals surface area contributed by atoms with Crippen LogP contribution >= 0.6 is 11.6 Å². The average Bonchev–Trinajstić information content (AvgIpc) is 2.60. The summed E-state index contributed by atoms with van der Waals surface area (Å²) < 4.78 is 5.70. The van der Waals surface area contributed by atoms with Gasteiger partial charge in [0.15, 0.2) is 0 Å². The lowest BCUT2D eigenvalue weighted by molar-refractivity contribution is 0.301. The van der Waals surface area contributed by atoms with E-state index in [0.717, 1.165) is 17.0 Å². The number of hydrogen-bond donors (Lipinski definition) is 1. The lowest BCUT2D eigenvalue weighted by Crippen LogP contribution is -2.02. The van der Waals surface area contributed by atoms with Crippen molar-refractivity contribution in [2.45, 2.75) is 13.2 Å². The summed E-state index contributed by atoms with van der Waals surface area (Å²) in [5.41, 5.74) is 2.02. The van der Waals surface area contributed by atoms with Crippen LogP contribution in [0.2, 0.25) is 5.15 Å². The van der Waals surface area contributed by atoms with Crippen LogP contribution in [0.3, 0.4) is 0 Å². The van der Waals surface area contributed by atoms with Crippen LogP contribution in [0.1, 0.15) is 11.3 Å². The highest BCUT2D eigenvalue weighted by molar-refractivity contribution is 6.29. The molecule has 0 saturated carbocycles. The molecule has 23 heavy (non-hydrogen) atoms. The number of hydrogen-bond acceptors (Lipinski definition) is 5. The Morgan fingerprint density at radius 3 is 2.61 bits per heavy atom. The van der Waals surface area contributed by atoms with Crippen molar-refractivity contribution < 1.29 is 4.74 Å². The zero-order valence-corrected chi connectivity index (χ0v) is 13.1. The molecule has 0 aliphatic carbocycles. The Hall–Kier alpha value is -2.66. The van der Waals surface area contributed by atoms with Gasteiger partial charge in [0.1, 0.15) is 29.7 Å². The summed E-state index contributed by atoms with van der Waals surface area (Å²) in [5, 5.41) is 3.61. The fourth-order valence-electron chi connectivity index (χ4n) is 1.97. The summed E-state index contributed by atoms with van der Waals surface area (Å²) in [6, 6.07) is 15.3. The predicted octanol–water partition coefficient (Wildman–Crippen LogP) is 3.72. The number of nitrogens with one attached hydrogen (secondary N) is 1. The maximum Gasteiger partial charge on any atom is 0.134 e. The highest BCUT2D eigenvalue weighted by Crippen LogP contribution is 2.15. The molecule has 1 N–H and O–H groups in total. The standard InChI is InChI=1S/C17H15ClN4O/c18-16-9-17(22-12-21-16)20-10-13-4-6-15(7-5-13)23-11-14-3-1-2-8-19-14/h1-9,12H,10-11H2,(H,20,21,22). The fraction of sp³-hybridized carbons (Fsp3) is 0.118. The second-order valence-electron chi connectivity index (χ2n) is 4.83.